The van der Waals surface area contributed by atoms with E-state index in [0.29, 0.717) is 11.6 Å². The highest BCUT2D eigenvalue weighted by atomic mass is 15.2. The van der Waals surface area contributed by atoms with Gasteiger partial charge in [-0.15, -0.1) is 0 Å². The molecule has 4 nitrogen and oxygen atoms in total. The monoisotopic (exact) mass is 278 g/mol. The predicted octanol–water partition coefficient (Wildman–Crippen LogP) is 3.01. The molecule has 21 heavy (non-hydrogen) atoms. The molecule has 2 N–H and O–H groups in total. The number of benzene rings is 1. The molecule has 0 atom stereocenters. The number of nitrogens with zero attached hydrogens (tertiary/aromatic N) is 3. The number of pyridine rings is 1. The molecule has 3 rings (SSSR count). The second-order valence-corrected chi connectivity index (χ2v) is 5.54. The van der Waals surface area contributed by atoms with E-state index in [1.54, 1.807) is 0 Å². The fourth-order valence-electron chi connectivity index (χ4n) is 2.50. The van der Waals surface area contributed by atoms with E-state index in [4.69, 9.17) is 5.73 Å². The van der Waals surface area contributed by atoms with Crippen LogP contribution in [-0.4, -0.2) is 11.0 Å². The molecule has 1 saturated carbocycles. The zero-order valence-electron chi connectivity index (χ0n) is 12.1. The lowest BCUT2D eigenvalue weighted by molar-refractivity contribution is 0.774. The van der Waals surface area contributed by atoms with Gasteiger partial charge in [0.2, 0.25) is 0 Å². The zero-order chi connectivity index (χ0) is 14.8. The van der Waals surface area contributed by atoms with E-state index in [9.17, 15) is 5.26 Å². The largest absolute Gasteiger partial charge is 0.399 e. The van der Waals surface area contributed by atoms with Crippen LogP contribution in [0.15, 0.2) is 36.4 Å². The molecule has 0 amide bonds. The summed E-state index contributed by atoms with van der Waals surface area (Å²) in [5.41, 5.74) is 9.34. The maximum absolute atomic E-state index is 9.33. The van der Waals surface area contributed by atoms with E-state index in [2.05, 4.69) is 22.0 Å². The van der Waals surface area contributed by atoms with Crippen LogP contribution in [0.3, 0.4) is 0 Å². The van der Waals surface area contributed by atoms with Crippen LogP contribution < -0.4 is 10.6 Å². The first-order valence-corrected chi connectivity index (χ1v) is 7.16. The third kappa shape index (κ3) is 2.97. The van der Waals surface area contributed by atoms with Crippen LogP contribution in [0.4, 0.5) is 11.5 Å². The fraction of sp³-hybridized carbons (Fsp3) is 0.294. The van der Waals surface area contributed by atoms with Gasteiger partial charge >= 0.3 is 0 Å². The van der Waals surface area contributed by atoms with Crippen LogP contribution in [0.25, 0.3) is 0 Å². The van der Waals surface area contributed by atoms with Gasteiger partial charge in [-0.1, -0.05) is 12.1 Å². The van der Waals surface area contributed by atoms with Gasteiger partial charge in [-0.25, -0.2) is 4.98 Å². The average molecular weight is 278 g/mol. The minimum Gasteiger partial charge on any atom is -0.399 e. The minimum absolute atomic E-state index is 0.479. The molecule has 4 heteroatoms. The fourth-order valence-corrected chi connectivity index (χ4v) is 2.50. The van der Waals surface area contributed by atoms with Gasteiger partial charge in [-0.2, -0.15) is 5.26 Å². The van der Waals surface area contributed by atoms with Gasteiger partial charge in [0.25, 0.3) is 0 Å². The summed E-state index contributed by atoms with van der Waals surface area (Å²) in [6, 6.07) is 14.4. The maximum atomic E-state index is 9.33. The van der Waals surface area contributed by atoms with Gasteiger partial charge in [0.15, 0.2) is 0 Å². The summed E-state index contributed by atoms with van der Waals surface area (Å²) in [5.74, 6) is 0.794. The van der Waals surface area contributed by atoms with Crippen molar-refractivity contribution in [2.75, 3.05) is 10.6 Å². The summed E-state index contributed by atoms with van der Waals surface area (Å²) in [6.07, 6.45) is 2.31. The molecule has 1 aliphatic carbocycles. The summed E-state index contributed by atoms with van der Waals surface area (Å²) in [6.45, 7) is 2.69. The van der Waals surface area contributed by atoms with Crippen LogP contribution >= 0.6 is 0 Å². The van der Waals surface area contributed by atoms with Crippen LogP contribution in [-0.2, 0) is 6.54 Å². The molecule has 0 aliphatic heterocycles. The summed E-state index contributed by atoms with van der Waals surface area (Å²) < 4.78 is 0. The van der Waals surface area contributed by atoms with Crippen molar-refractivity contribution in [3.8, 4) is 6.07 Å². The highest BCUT2D eigenvalue weighted by Crippen LogP contribution is 2.34. The number of aryl methyl sites for hydroxylation is 1. The third-order valence-electron chi connectivity index (χ3n) is 3.70. The molecule has 1 aromatic heterocycles. The Labute approximate surface area is 124 Å². The van der Waals surface area contributed by atoms with Crippen LogP contribution in [0.5, 0.6) is 0 Å². The molecular formula is C17H18N4. The van der Waals surface area contributed by atoms with Gasteiger partial charge < -0.3 is 10.6 Å². The molecule has 0 unspecified atom stereocenters. The van der Waals surface area contributed by atoms with E-state index in [-0.39, 0.29) is 0 Å². The van der Waals surface area contributed by atoms with Crippen molar-refractivity contribution >= 4 is 11.5 Å². The first kappa shape index (κ1) is 13.4. The molecule has 2 aromatic rings. The van der Waals surface area contributed by atoms with Gasteiger partial charge in [0.05, 0.1) is 5.56 Å². The summed E-state index contributed by atoms with van der Waals surface area (Å²) >= 11 is 0. The van der Waals surface area contributed by atoms with E-state index in [1.807, 2.05) is 37.3 Å². The molecule has 0 saturated heterocycles. The van der Waals surface area contributed by atoms with Crippen LogP contribution in [0, 0.1) is 18.3 Å². The lowest BCUT2D eigenvalue weighted by Gasteiger charge is -2.25. The summed E-state index contributed by atoms with van der Waals surface area (Å²) in [5, 5.41) is 9.33. The number of nitrogen functional groups attached to an aromatic ring is 1. The Hall–Kier alpha value is -2.54. The molecule has 1 heterocycles. The third-order valence-corrected chi connectivity index (χ3v) is 3.70. The Balaban J connectivity index is 1.96. The normalized spacial score (nSPS) is 13.7. The number of hydrogen-bond acceptors (Lipinski definition) is 4. The van der Waals surface area contributed by atoms with Crippen molar-refractivity contribution in [1.82, 2.24) is 4.98 Å². The standard InChI is InChI=1S/C17H18N4/c1-12-5-6-14(10-18)17(20-12)21(16-7-8-16)11-13-3-2-4-15(19)9-13/h2-6,9,16H,7-8,11,19H2,1H3. The number of anilines is 2. The molecular weight excluding hydrogens is 260 g/mol. The van der Waals surface area contributed by atoms with E-state index in [1.165, 1.54) is 0 Å². The zero-order valence-corrected chi connectivity index (χ0v) is 12.1. The van der Waals surface area contributed by atoms with Crippen LogP contribution in [0.1, 0.15) is 29.7 Å². The number of aromatic nitrogens is 1. The predicted molar refractivity (Wildman–Crippen MR) is 83.7 cm³/mol. The number of hydrogen-bond donors (Lipinski definition) is 1. The summed E-state index contributed by atoms with van der Waals surface area (Å²) in [4.78, 5) is 6.83. The first-order chi connectivity index (χ1) is 10.2. The highest BCUT2D eigenvalue weighted by Gasteiger charge is 2.31. The molecule has 1 aliphatic rings. The topological polar surface area (TPSA) is 65.9 Å². The van der Waals surface area contributed by atoms with Crippen molar-refractivity contribution in [3.05, 3.63) is 53.2 Å². The lowest BCUT2D eigenvalue weighted by Crippen LogP contribution is -2.27. The van der Waals surface area contributed by atoms with Crippen molar-refractivity contribution in [2.24, 2.45) is 0 Å². The Morgan fingerprint density at radius 1 is 1.33 bits per heavy atom. The average Bonchev–Trinajstić information content (AvgIpc) is 3.29. The van der Waals surface area contributed by atoms with Gasteiger partial charge in [-0.05, 0) is 49.6 Å². The molecule has 1 fully saturated rings. The smallest absolute Gasteiger partial charge is 0.147 e. The molecule has 0 radical (unpaired) electrons. The van der Waals surface area contributed by atoms with Gasteiger partial charge in [0, 0.05) is 24.0 Å². The SMILES string of the molecule is Cc1ccc(C#N)c(N(Cc2cccc(N)c2)C2CC2)n1. The molecule has 106 valence electrons. The Morgan fingerprint density at radius 3 is 2.81 bits per heavy atom. The maximum Gasteiger partial charge on any atom is 0.147 e. The highest BCUT2D eigenvalue weighted by molar-refractivity contribution is 5.56. The molecule has 0 bridgehead atoms. The lowest BCUT2D eigenvalue weighted by atomic mass is 10.1. The Kier molecular flexibility index (Phi) is 3.49. The second-order valence-electron chi connectivity index (χ2n) is 5.54. The first-order valence-electron chi connectivity index (χ1n) is 7.16. The van der Waals surface area contributed by atoms with E-state index in [0.717, 1.165) is 42.1 Å². The van der Waals surface area contributed by atoms with E-state index < -0.39 is 0 Å². The van der Waals surface area contributed by atoms with E-state index >= 15 is 0 Å². The minimum atomic E-state index is 0.479. The Morgan fingerprint density at radius 2 is 2.14 bits per heavy atom. The number of nitriles is 1. The number of nitrogens with two attached hydrogens (primary N) is 1. The van der Waals surface area contributed by atoms with Crippen molar-refractivity contribution < 1.29 is 0 Å². The van der Waals surface area contributed by atoms with Gasteiger partial charge in [0.1, 0.15) is 11.9 Å². The van der Waals surface area contributed by atoms with Crippen molar-refractivity contribution in [2.45, 2.75) is 32.4 Å². The van der Waals surface area contributed by atoms with Crippen molar-refractivity contribution in [3.63, 3.8) is 0 Å². The quantitative estimate of drug-likeness (QED) is 0.873. The Bertz CT molecular complexity index is 698. The van der Waals surface area contributed by atoms with Crippen LogP contribution in [0.2, 0.25) is 0 Å². The van der Waals surface area contributed by atoms with Gasteiger partial charge in [-0.3, -0.25) is 0 Å². The molecule has 0 spiro atoms. The molecule has 1 aromatic carbocycles. The van der Waals surface area contributed by atoms with Crippen molar-refractivity contribution in [1.29, 1.82) is 5.26 Å². The second kappa shape index (κ2) is 5.45. The summed E-state index contributed by atoms with van der Waals surface area (Å²) in [7, 11) is 0. The number of rotatable bonds is 4.